The molecule has 2 saturated heterocycles. The highest BCUT2D eigenvalue weighted by Crippen LogP contribution is 2.42. The summed E-state index contributed by atoms with van der Waals surface area (Å²) in [6.45, 7) is 6.04. The van der Waals surface area contributed by atoms with Crippen molar-refractivity contribution in [2.75, 3.05) is 28.8 Å². The van der Waals surface area contributed by atoms with Crippen molar-refractivity contribution in [3.63, 3.8) is 0 Å². The number of nitro groups is 1. The molecule has 2 aliphatic rings. The molecule has 214 valence electrons. The van der Waals surface area contributed by atoms with Gasteiger partial charge in [-0.2, -0.15) is 11.8 Å². The van der Waals surface area contributed by atoms with Crippen LogP contribution < -0.4 is 15.5 Å². The van der Waals surface area contributed by atoms with Crippen molar-refractivity contribution in [2.45, 2.75) is 63.9 Å². The molecular weight excluding hydrogens is 534 g/mol. The Morgan fingerprint density at radius 2 is 1.82 bits per heavy atom. The van der Waals surface area contributed by atoms with E-state index in [9.17, 15) is 24.5 Å². The van der Waals surface area contributed by atoms with Crippen LogP contribution in [0.3, 0.4) is 0 Å². The number of hydrogen-bond donors (Lipinski definition) is 2. The van der Waals surface area contributed by atoms with E-state index in [2.05, 4.69) is 15.5 Å². The number of hydrogen-bond acceptors (Lipinski definition) is 8. The Kier molecular flexibility index (Phi) is 8.99. The molecule has 3 amide bonds. The summed E-state index contributed by atoms with van der Waals surface area (Å²) < 4.78 is 5.32. The van der Waals surface area contributed by atoms with Crippen molar-refractivity contribution in [2.24, 2.45) is 0 Å². The van der Waals surface area contributed by atoms with Crippen LogP contribution in [-0.2, 0) is 14.3 Å². The topological polar surface area (TPSA) is 134 Å². The lowest BCUT2D eigenvalue weighted by Gasteiger charge is -2.30. The van der Waals surface area contributed by atoms with Crippen LogP contribution in [0, 0.1) is 10.1 Å². The molecule has 0 saturated carbocycles. The average molecular weight is 570 g/mol. The van der Waals surface area contributed by atoms with Crippen LogP contribution in [0.25, 0.3) is 0 Å². The maximum Gasteiger partial charge on any atom is 0.408 e. The largest absolute Gasteiger partial charge is 0.444 e. The van der Waals surface area contributed by atoms with Gasteiger partial charge >= 0.3 is 6.09 Å². The molecule has 2 fully saturated rings. The second kappa shape index (κ2) is 12.3. The third-order valence-electron chi connectivity index (χ3n) is 6.81. The summed E-state index contributed by atoms with van der Waals surface area (Å²) in [4.78, 5) is 53.3. The first-order chi connectivity index (χ1) is 19.0. The van der Waals surface area contributed by atoms with Gasteiger partial charge in [-0.05, 0) is 81.9 Å². The van der Waals surface area contributed by atoms with Crippen molar-refractivity contribution in [1.82, 2.24) is 10.2 Å². The fourth-order valence-electron chi connectivity index (χ4n) is 5.04. The smallest absolute Gasteiger partial charge is 0.408 e. The summed E-state index contributed by atoms with van der Waals surface area (Å²) in [6.07, 6.45) is 3.03. The van der Waals surface area contributed by atoms with Crippen LogP contribution in [0.5, 0.6) is 0 Å². The Hall–Kier alpha value is -3.64. The Morgan fingerprint density at radius 3 is 2.42 bits per heavy atom. The van der Waals surface area contributed by atoms with Crippen molar-refractivity contribution in [3.05, 3.63) is 64.2 Å². The number of ether oxygens (including phenoxy) is 1. The first-order valence-corrected chi connectivity index (χ1v) is 14.6. The standard InChI is InChI=1S/C28H35N5O6S/c1-28(2,3)39-27(36)30-22(15-17-40-4)24(34)29-19-9-7-18(8-10-19)25-31-16-5-6-23(31)26(35)32(25)20-11-13-21(14-12-20)33(37)38/h7-14,22-23,25H,5-6,15-17H2,1-4H3,(H,29,34)(H,30,36)/t22-,23-,25+/m0/s1. The number of nitrogens with zero attached hydrogens (tertiary/aromatic N) is 3. The normalized spacial score (nSPS) is 19.7. The number of nitrogens with one attached hydrogen (secondary N) is 2. The van der Waals surface area contributed by atoms with Crippen molar-refractivity contribution in [1.29, 1.82) is 0 Å². The summed E-state index contributed by atoms with van der Waals surface area (Å²) >= 11 is 1.58. The van der Waals surface area contributed by atoms with Crippen LogP contribution in [0.2, 0.25) is 0 Å². The second-order valence-corrected chi connectivity index (χ2v) is 11.8. The minimum Gasteiger partial charge on any atom is -0.444 e. The Bertz CT molecular complexity index is 1250. The van der Waals surface area contributed by atoms with Crippen LogP contribution >= 0.6 is 11.8 Å². The van der Waals surface area contributed by atoms with E-state index >= 15 is 0 Å². The van der Waals surface area contributed by atoms with E-state index < -0.39 is 22.7 Å². The Balaban J connectivity index is 1.51. The Morgan fingerprint density at radius 1 is 1.15 bits per heavy atom. The lowest BCUT2D eigenvalue weighted by molar-refractivity contribution is -0.384. The number of fused-ring (bicyclic) bond motifs is 1. The lowest BCUT2D eigenvalue weighted by atomic mass is 10.1. The average Bonchev–Trinajstić information content (AvgIpc) is 3.48. The number of non-ortho nitro benzene ring substituents is 1. The highest BCUT2D eigenvalue weighted by Gasteiger charge is 2.49. The van der Waals surface area contributed by atoms with E-state index in [0.717, 1.165) is 24.9 Å². The molecule has 0 aliphatic carbocycles. The maximum absolute atomic E-state index is 13.4. The van der Waals surface area contributed by atoms with E-state index in [4.69, 9.17) is 4.74 Å². The molecule has 0 aromatic heterocycles. The number of nitro benzene ring substituents is 1. The molecule has 11 nitrogen and oxygen atoms in total. The zero-order valence-corrected chi connectivity index (χ0v) is 23.9. The fourth-order valence-corrected chi connectivity index (χ4v) is 5.51. The third-order valence-corrected chi connectivity index (χ3v) is 7.45. The molecule has 0 bridgehead atoms. The van der Waals surface area contributed by atoms with Gasteiger partial charge in [-0.3, -0.25) is 29.5 Å². The second-order valence-electron chi connectivity index (χ2n) is 10.8. The van der Waals surface area contributed by atoms with E-state index in [1.807, 2.05) is 18.4 Å². The zero-order valence-electron chi connectivity index (χ0n) is 23.1. The molecule has 0 radical (unpaired) electrons. The number of carbonyl (C=O) groups is 3. The molecule has 2 aliphatic heterocycles. The number of anilines is 2. The van der Waals surface area contributed by atoms with Gasteiger partial charge in [-0.15, -0.1) is 0 Å². The van der Waals surface area contributed by atoms with Crippen LogP contribution in [0.1, 0.15) is 51.8 Å². The molecule has 12 heteroatoms. The minimum atomic E-state index is -0.766. The highest BCUT2D eigenvalue weighted by atomic mass is 32.2. The molecule has 4 rings (SSSR count). The summed E-state index contributed by atoms with van der Waals surface area (Å²) in [5.74, 6) is 0.298. The SMILES string of the molecule is CSCC[C@H](NC(=O)OC(C)(C)C)C(=O)Nc1ccc([C@H]2N(c3ccc([N+](=O)[O-])cc3)C(=O)[C@@H]3CCCN32)cc1. The summed E-state index contributed by atoms with van der Waals surface area (Å²) in [5.41, 5.74) is 1.29. The van der Waals surface area contributed by atoms with Gasteiger partial charge in [0, 0.05) is 30.1 Å². The van der Waals surface area contributed by atoms with Crippen molar-refractivity contribution in [3.8, 4) is 0 Å². The van der Waals surface area contributed by atoms with Crippen LogP contribution in [0.15, 0.2) is 48.5 Å². The Labute approximate surface area is 237 Å². The van der Waals surface area contributed by atoms with E-state index in [-0.39, 0.29) is 29.7 Å². The van der Waals surface area contributed by atoms with Gasteiger partial charge in [-0.1, -0.05) is 12.1 Å². The molecule has 0 spiro atoms. The molecule has 2 aromatic rings. The van der Waals surface area contributed by atoms with Crippen molar-refractivity contribution < 1.29 is 24.0 Å². The molecule has 2 heterocycles. The van der Waals surface area contributed by atoms with E-state index in [1.165, 1.54) is 12.1 Å². The summed E-state index contributed by atoms with van der Waals surface area (Å²) in [7, 11) is 0. The van der Waals surface area contributed by atoms with Gasteiger partial charge in [0.15, 0.2) is 0 Å². The monoisotopic (exact) mass is 569 g/mol. The number of rotatable bonds is 9. The number of amides is 3. The highest BCUT2D eigenvalue weighted by molar-refractivity contribution is 7.98. The number of alkyl carbamates (subject to hydrolysis) is 1. The molecule has 0 unspecified atom stereocenters. The fraction of sp³-hybridized carbons (Fsp3) is 0.464. The summed E-state index contributed by atoms with van der Waals surface area (Å²) in [6, 6.07) is 12.3. The molecule has 2 N–H and O–H groups in total. The first-order valence-electron chi connectivity index (χ1n) is 13.2. The third kappa shape index (κ3) is 6.73. The van der Waals surface area contributed by atoms with E-state index in [1.54, 1.807) is 61.7 Å². The molecule has 40 heavy (non-hydrogen) atoms. The first kappa shape index (κ1) is 29.3. The zero-order chi connectivity index (χ0) is 29.0. The lowest BCUT2D eigenvalue weighted by Crippen LogP contribution is -2.46. The summed E-state index contributed by atoms with van der Waals surface area (Å²) in [5, 5.41) is 16.7. The predicted molar refractivity (Wildman–Crippen MR) is 154 cm³/mol. The molecule has 3 atom stereocenters. The predicted octanol–water partition coefficient (Wildman–Crippen LogP) is 4.69. The molecule has 2 aromatic carbocycles. The van der Waals surface area contributed by atoms with Gasteiger partial charge in [0.05, 0.1) is 11.0 Å². The van der Waals surface area contributed by atoms with E-state index in [0.29, 0.717) is 23.5 Å². The number of thioether (sulfide) groups is 1. The number of carbonyl (C=O) groups excluding carboxylic acids is 3. The van der Waals surface area contributed by atoms with Crippen molar-refractivity contribution >= 4 is 46.7 Å². The number of benzene rings is 2. The van der Waals surface area contributed by atoms with Gasteiger partial charge in [-0.25, -0.2) is 4.79 Å². The van der Waals surface area contributed by atoms with Crippen LogP contribution in [-0.4, -0.2) is 64.0 Å². The van der Waals surface area contributed by atoms with Gasteiger partial charge in [0.25, 0.3) is 5.69 Å². The van der Waals surface area contributed by atoms with Gasteiger partial charge < -0.3 is 15.4 Å². The molecular formula is C28H35N5O6S. The van der Waals surface area contributed by atoms with Crippen LogP contribution in [0.4, 0.5) is 21.9 Å². The van der Waals surface area contributed by atoms with Gasteiger partial charge in [0.1, 0.15) is 17.8 Å². The maximum atomic E-state index is 13.4. The minimum absolute atomic E-state index is 0.0291. The van der Waals surface area contributed by atoms with Gasteiger partial charge in [0.2, 0.25) is 11.8 Å². The quantitative estimate of drug-likeness (QED) is 0.328.